The number of rotatable bonds is 12. The maximum atomic E-state index is 13.5. The highest BCUT2D eigenvalue weighted by atomic mass is 16.5. The van der Waals surface area contributed by atoms with E-state index in [1.54, 1.807) is 30.6 Å². The van der Waals surface area contributed by atoms with Crippen molar-refractivity contribution in [3.8, 4) is 17.6 Å². The van der Waals surface area contributed by atoms with Crippen LogP contribution in [-0.2, 0) is 9.59 Å². The fourth-order valence-corrected chi connectivity index (χ4v) is 10.8. The largest absolute Gasteiger partial charge is 0.490 e. The van der Waals surface area contributed by atoms with Gasteiger partial charge in [-0.05, 0) is 87.0 Å². The molecule has 2 saturated heterocycles. The van der Waals surface area contributed by atoms with Gasteiger partial charge in [-0.25, -0.2) is 9.97 Å². The maximum Gasteiger partial charge on any atom is 0.271 e. The lowest BCUT2D eigenvalue weighted by Gasteiger charge is -2.63. The van der Waals surface area contributed by atoms with Crippen LogP contribution in [0.1, 0.15) is 121 Å². The van der Waals surface area contributed by atoms with E-state index in [0.717, 1.165) is 79.5 Å². The van der Waals surface area contributed by atoms with Crippen LogP contribution >= 0.6 is 0 Å². The van der Waals surface area contributed by atoms with Crippen molar-refractivity contribution in [2.24, 2.45) is 16.7 Å². The molecule has 1 aromatic heterocycles. The second-order valence-electron chi connectivity index (χ2n) is 18.9. The highest BCUT2D eigenvalue weighted by Gasteiger charge is 2.64. The Bertz CT molecular complexity index is 2300. The van der Waals surface area contributed by atoms with Crippen LogP contribution in [0.5, 0.6) is 11.5 Å². The first-order valence-corrected chi connectivity index (χ1v) is 21.8. The van der Waals surface area contributed by atoms with Crippen LogP contribution < -0.4 is 25.0 Å². The summed E-state index contributed by atoms with van der Waals surface area (Å²) in [5, 5.41) is 14.9. The topological polar surface area (TPSA) is 187 Å². The molecule has 0 radical (unpaired) electrons. The van der Waals surface area contributed by atoms with E-state index < -0.39 is 29.7 Å². The van der Waals surface area contributed by atoms with Gasteiger partial charge in [-0.1, -0.05) is 34.6 Å². The minimum Gasteiger partial charge on any atom is -0.490 e. The number of carbonyl (C=O) groups excluding carboxylic acids is 5. The molecule has 15 heteroatoms. The SMILES string of the molecule is CCN(CC1CCN(c2cnc(C(=O)NC3C(C)(C)C(Oc4cc(C)c(C#N)c(C)c4)C3(C)C)cn2)CC1)C1CC(Oc2ccc3c(c2)C(=O)N([C@@H]2CCC(=O)NC2=O)C3=O)C1. The van der Waals surface area contributed by atoms with Gasteiger partial charge in [0.15, 0.2) is 0 Å². The van der Waals surface area contributed by atoms with Gasteiger partial charge in [0.1, 0.15) is 41.3 Å². The summed E-state index contributed by atoms with van der Waals surface area (Å²) < 4.78 is 12.8. The predicted molar refractivity (Wildman–Crippen MR) is 229 cm³/mol. The Balaban J connectivity index is 0.785. The van der Waals surface area contributed by atoms with E-state index in [0.29, 0.717) is 23.3 Å². The van der Waals surface area contributed by atoms with Gasteiger partial charge in [0.25, 0.3) is 17.7 Å². The minimum absolute atomic E-state index is 0.0116. The summed E-state index contributed by atoms with van der Waals surface area (Å²) in [6.07, 6.45) is 7.02. The van der Waals surface area contributed by atoms with E-state index in [1.165, 1.54) is 0 Å². The van der Waals surface area contributed by atoms with E-state index >= 15 is 0 Å². The highest BCUT2D eigenvalue weighted by molar-refractivity contribution is 6.23. The number of nitrogens with zero attached hydrogens (tertiary/aromatic N) is 6. The molecule has 1 atom stereocenters. The third kappa shape index (κ3) is 7.78. The number of hydrogen-bond donors (Lipinski definition) is 2. The summed E-state index contributed by atoms with van der Waals surface area (Å²) in [4.78, 5) is 78.8. The third-order valence-corrected chi connectivity index (χ3v) is 14.0. The molecule has 0 bridgehead atoms. The van der Waals surface area contributed by atoms with E-state index in [2.05, 4.69) is 71.1 Å². The molecule has 3 aromatic rings. The maximum absolute atomic E-state index is 13.5. The van der Waals surface area contributed by atoms with E-state index in [1.807, 2.05) is 26.0 Å². The number of amides is 5. The Kier molecular flexibility index (Phi) is 11.3. The lowest BCUT2D eigenvalue weighted by Crippen LogP contribution is -2.74. The van der Waals surface area contributed by atoms with Crippen LogP contribution in [0.3, 0.4) is 0 Å². The molecule has 2 N–H and O–H groups in total. The van der Waals surface area contributed by atoms with Crippen molar-refractivity contribution < 1.29 is 33.4 Å². The van der Waals surface area contributed by atoms with Crippen LogP contribution in [0.25, 0.3) is 0 Å². The molecule has 62 heavy (non-hydrogen) atoms. The Hall–Kier alpha value is -5.88. The Morgan fingerprint density at radius 3 is 2.21 bits per heavy atom. The highest BCUT2D eigenvalue weighted by Crippen LogP contribution is 2.55. The molecule has 2 aromatic carbocycles. The molecule has 4 heterocycles. The number of aryl methyl sites for hydroxylation is 2. The molecular weight excluding hydrogens is 789 g/mol. The summed E-state index contributed by atoms with van der Waals surface area (Å²) in [7, 11) is 0. The van der Waals surface area contributed by atoms with Crippen molar-refractivity contribution in [1.29, 1.82) is 5.26 Å². The number of hydrogen-bond acceptors (Lipinski definition) is 12. The molecule has 2 saturated carbocycles. The van der Waals surface area contributed by atoms with Crippen molar-refractivity contribution >= 4 is 35.4 Å². The fraction of sp³-hybridized carbons (Fsp3) is 0.532. The molecular formula is C47H56N8O7. The smallest absolute Gasteiger partial charge is 0.271 e. The number of benzene rings is 2. The summed E-state index contributed by atoms with van der Waals surface area (Å²) in [6, 6.07) is 10.2. The molecule has 0 unspecified atom stereocenters. The Morgan fingerprint density at radius 1 is 0.919 bits per heavy atom. The van der Waals surface area contributed by atoms with Gasteiger partial charge < -0.3 is 24.6 Å². The number of aromatic nitrogens is 2. The van der Waals surface area contributed by atoms with Gasteiger partial charge in [0, 0.05) is 61.8 Å². The van der Waals surface area contributed by atoms with Crippen molar-refractivity contribution in [3.63, 3.8) is 0 Å². The Labute approximate surface area is 362 Å². The van der Waals surface area contributed by atoms with Crippen LogP contribution in [0.4, 0.5) is 5.82 Å². The van der Waals surface area contributed by atoms with E-state index in [4.69, 9.17) is 9.47 Å². The number of imide groups is 2. The van der Waals surface area contributed by atoms with Crippen LogP contribution in [0.15, 0.2) is 42.7 Å². The number of nitriles is 1. The molecule has 5 amide bonds. The molecule has 5 aliphatic rings. The normalized spacial score (nSPS) is 25.4. The lowest BCUT2D eigenvalue weighted by molar-refractivity contribution is -0.164. The summed E-state index contributed by atoms with van der Waals surface area (Å²) >= 11 is 0. The quantitative estimate of drug-likeness (QED) is 0.230. The van der Waals surface area contributed by atoms with Gasteiger partial charge in [-0.15, -0.1) is 0 Å². The first-order chi connectivity index (χ1) is 29.5. The first-order valence-electron chi connectivity index (χ1n) is 21.8. The number of nitrogens with one attached hydrogen (secondary N) is 2. The molecule has 2 aliphatic carbocycles. The number of piperidine rings is 2. The average Bonchev–Trinajstić information content (AvgIpc) is 3.47. The molecule has 326 valence electrons. The molecule has 0 spiro atoms. The number of anilines is 1. The average molecular weight is 845 g/mol. The van der Waals surface area contributed by atoms with Crippen LogP contribution in [-0.4, -0.2) is 106 Å². The predicted octanol–water partition coefficient (Wildman–Crippen LogP) is 5.13. The zero-order chi connectivity index (χ0) is 44.2. The van der Waals surface area contributed by atoms with Crippen molar-refractivity contribution in [2.75, 3.05) is 31.1 Å². The lowest BCUT2D eigenvalue weighted by atomic mass is 9.49. The van der Waals surface area contributed by atoms with Crippen LogP contribution in [0, 0.1) is 41.9 Å². The van der Waals surface area contributed by atoms with Gasteiger partial charge in [0.05, 0.1) is 35.2 Å². The van der Waals surface area contributed by atoms with Crippen molar-refractivity contribution in [1.82, 2.24) is 30.4 Å². The monoisotopic (exact) mass is 844 g/mol. The second kappa shape index (κ2) is 16.4. The number of ether oxygens (including phenoxy) is 2. The zero-order valence-corrected chi connectivity index (χ0v) is 36.6. The minimum atomic E-state index is -1.00. The van der Waals surface area contributed by atoms with E-state index in [-0.39, 0.29) is 64.6 Å². The van der Waals surface area contributed by atoms with Gasteiger partial charge in [-0.2, -0.15) is 5.26 Å². The fourth-order valence-electron chi connectivity index (χ4n) is 10.8. The molecule has 4 fully saturated rings. The second-order valence-corrected chi connectivity index (χ2v) is 18.9. The van der Waals surface area contributed by atoms with Gasteiger partial charge >= 0.3 is 0 Å². The number of fused-ring (bicyclic) bond motifs is 1. The van der Waals surface area contributed by atoms with Crippen molar-refractivity contribution in [2.45, 2.75) is 117 Å². The van der Waals surface area contributed by atoms with Gasteiger partial charge in [-0.3, -0.25) is 34.2 Å². The van der Waals surface area contributed by atoms with Gasteiger partial charge in [0.2, 0.25) is 11.8 Å². The Morgan fingerprint density at radius 2 is 1.60 bits per heavy atom. The molecule has 15 nitrogen and oxygen atoms in total. The number of carbonyl (C=O) groups is 5. The van der Waals surface area contributed by atoms with E-state index in [9.17, 15) is 29.2 Å². The summed E-state index contributed by atoms with van der Waals surface area (Å²) in [5.74, 6) is 0.153. The first kappa shape index (κ1) is 42.8. The van der Waals surface area contributed by atoms with Crippen LogP contribution in [0.2, 0.25) is 0 Å². The zero-order valence-electron chi connectivity index (χ0n) is 36.6. The third-order valence-electron chi connectivity index (χ3n) is 14.0. The standard InChI is InChI=1S/C47H56N8O7/c1-8-53(29-19-32(20-29)61-30-9-10-33-34(21-30)43(60)55(42(33)59)37-11-12-39(56)51-41(37)58)25-28-13-15-54(16-14-28)38-24-49-36(23-50-38)40(57)52-44-46(4,5)45(47(44,6)7)62-31-17-26(2)35(22-48)27(3)18-31/h9-10,17-18,21,23-24,28-29,32,37,44-45H,8,11-16,19-20,25H2,1-7H3,(H,52,57)(H,51,56,58)/t29?,32?,37-,44?,45?/m1/s1. The van der Waals surface area contributed by atoms with Crippen molar-refractivity contribution in [3.05, 3.63) is 76.2 Å². The summed E-state index contributed by atoms with van der Waals surface area (Å²) in [5.41, 5.74) is 2.42. The molecule has 8 rings (SSSR count). The summed E-state index contributed by atoms with van der Waals surface area (Å²) in [6.45, 7) is 18.0. The molecule has 3 aliphatic heterocycles.